The van der Waals surface area contributed by atoms with Crippen molar-refractivity contribution in [3.8, 4) is 0 Å². The van der Waals surface area contributed by atoms with Crippen molar-refractivity contribution in [2.45, 2.75) is 57.5 Å². The molecule has 0 unspecified atom stereocenters. The van der Waals surface area contributed by atoms with Crippen molar-refractivity contribution in [1.82, 2.24) is 4.90 Å². The molecule has 0 aromatic rings. The van der Waals surface area contributed by atoms with E-state index in [2.05, 4.69) is 50.9 Å². The molecular weight excluding hydrogens is 214 g/mol. The summed E-state index contributed by atoms with van der Waals surface area (Å²) in [6.45, 7) is 14.0. The molecule has 0 bridgehead atoms. The van der Waals surface area contributed by atoms with Crippen LogP contribution in [0.1, 0.15) is 27.2 Å². The summed E-state index contributed by atoms with van der Waals surface area (Å²) in [6, 6.07) is 0.564. The Bertz CT molecular complexity index is 293. The van der Waals surface area contributed by atoms with E-state index in [0.717, 1.165) is 6.54 Å². The zero-order valence-corrected chi connectivity index (χ0v) is 12.3. The van der Waals surface area contributed by atoms with Crippen LogP contribution in [0.2, 0.25) is 18.1 Å². The molecule has 0 spiro atoms. The van der Waals surface area contributed by atoms with Crippen LogP contribution >= 0.6 is 0 Å². The molecule has 92 valence electrons. The first-order chi connectivity index (χ1) is 7.31. The van der Waals surface area contributed by atoms with E-state index < -0.39 is 8.32 Å². The maximum absolute atomic E-state index is 6.52. The summed E-state index contributed by atoms with van der Waals surface area (Å²) < 4.78 is 6.52. The number of hydrogen-bond donors (Lipinski definition) is 0. The van der Waals surface area contributed by atoms with Crippen LogP contribution in [0.3, 0.4) is 0 Å². The van der Waals surface area contributed by atoms with Gasteiger partial charge in [0.2, 0.25) is 0 Å². The van der Waals surface area contributed by atoms with Crippen molar-refractivity contribution < 1.29 is 4.43 Å². The van der Waals surface area contributed by atoms with Crippen LogP contribution in [-0.4, -0.2) is 38.5 Å². The van der Waals surface area contributed by atoms with Crippen LogP contribution in [0.15, 0.2) is 12.2 Å². The molecule has 16 heavy (non-hydrogen) atoms. The zero-order valence-electron chi connectivity index (χ0n) is 11.3. The van der Waals surface area contributed by atoms with E-state index in [4.69, 9.17) is 4.43 Å². The highest BCUT2D eigenvalue weighted by Gasteiger charge is 2.43. The van der Waals surface area contributed by atoms with Crippen molar-refractivity contribution in [1.29, 1.82) is 0 Å². The molecule has 2 nitrogen and oxygen atoms in total. The predicted molar refractivity (Wildman–Crippen MR) is 71.2 cm³/mol. The number of rotatable bonds is 2. The Labute approximate surface area is 101 Å². The van der Waals surface area contributed by atoms with Crippen LogP contribution in [0.5, 0.6) is 0 Å². The summed E-state index contributed by atoms with van der Waals surface area (Å²) in [7, 11) is -1.59. The van der Waals surface area contributed by atoms with Gasteiger partial charge in [-0.05, 0) is 24.6 Å². The molecule has 0 saturated carbocycles. The molecule has 2 rings (SSSR count). The number of fused-ring (bicyclic) bond motifs is 1. The standard InChI is InChI=1S/C13H25NOSi/c1-13(2,3)16(4,5)15-12-8-10-14-9-6-7-11(12)14/h6-7,11-12H,8-10H2,1-5H3/t11-,12-/m0/s1. The highest BCUT2D eigenvalue weighted by molar-refractivity contribution is 6.74. The Kier molecular flexibility index (Phi) is 3.06. The summed E-state index contributed by atoms with van der Waals surface area (Å²) in [6.07, 6.45) is 6.28. The quantitative estimate of drug-likeness (QED) is 0.542. The van der Waals surface area contributed by atoms with E-state index in [1.54, 1.807) is 0 Å². The second-order valence-corrected chi connectivity index (χ2v) is 11.4. The van der Waals surface area contributed by atoms with E-state index in [1.165, 1.54) is 13.0 Å². The third kappa shape index (κ3) is 2.13. The van der Waals surface area contributed by atoms with E-state index in [0.29, 0.717) is 17.2 Å². The van der Waals surface area contributed by atoms with Crippen LogP contribution in [0.25, 0.3) is 0 Å². The van der Waals surface area contributed by atoms with Crippen molar-refractivity contribution in [3.05, 3.63) is 12.2 Å². The van der Waals surface area contributed by atoms with Gasteiger partial charge in [-0.1, -0.05) is 32.9 Å². The van der Waals surface area contributed by atoms with E-state index >= 15 is 0 Å². The third-order valence-corrected chi connectivity index (χ3v) is 8.93. The first kappa shape index (κ1) is 12.3. The fraction of sp³-hybridized carbons (Fsp3) is 0.846. The minimum absolute atomic E-state index is 0.322. The molecule has 0 N–H and O–H groups in total. The smallest absolute Gasteiger partial charge is 0.192 e. The van der Waals surface area contributed by atoms with Crippen LogP contribution in [0, 0.1) is 0 Å². The molecule has 0 aliphatic carbocycles. The largest absolute Gasteiger partial charge is 0.412 e. The van der Waals surface area contributed by atoms with Gasteiger partial charge >= 0.3 is 0 Å². The molecule has 1 fully saturated rings. The molecule has 2 aliphatic rings. The molecule has 2 aliphatic heterocycles. The Hall–Kier alpha value is -0.123. The molecule has 2 heterocycles. The van der Waals surface area contributed by atoms with Gasteiger partial charge in [-0.3, -0.25) is 4.90 Å². The minimum Gasteiger partial charge on any atom is -0.412 e. The SMILES string of the molecule is CC(C)(C)[Si](C)(C)O[C@H]1CCN2CC=C[C@@H]12. The van der Waals surface area contributed by atoms with Gasteiger partial charge in [0, 0.05) is 13.1 Å². The lowest BCUT2D eigenvalue weighted by atomic mass is 10.2. The summed E-state index contributed by atoms with van der Waals surface area (Å²) in [4.78, 5) is 2.53. The Morgan fingerprint density at radius 1 is 1.31 bits per heavy atom. The topological polar surface area (TPSA) is 12.5 Å². The van der Waals surface area contributed by atoms with Gasteiger partial charge in [0.1, 0.15) is 0 Å². The number of nitrogens with zero attached hydrogens (tertiary/aromatic N) is 1. The number of hydrogen-bond acceptors (Lipinski definition) is 2. The zero-order chi connectivity index (χ0) is 12.0. The maximum atomic E-state index is 6.52. The maximum Gasteiger partial charge on any atom is 0.192 e. The monoisotopic (exact) mass is 239 g/mol. The first-order valence-corrected chi connectivity index (χ1v) is 9.31. The minimum atomic E-state index is -1.59. The van der Waals surface area contributed by atoms with Crippen molar-refractivity contribution in [3.63, 3.8) is 0 Å². The van der Waals surface area contributed by atoms with Gasteiger partial charge in [-0.25, -0.2) is 0 Å². The molecule has 0 aromatic heterocycles. The molecule has 0 amide bonds. The summed E-state index contributed by atoms with van der Waals surface area (Å²) in [5, 5.41) is 0.322. The summed E-state index contributed by atoms with van der Waals surface area (Å²) >= 11 is 0. The van der Waals surface area contributed by atoms with E-state index in [-0.39, 0.29) is 0 Å². The fourth-order valence-corrected chi connectivity index (χ4v) is 3.69. The van der Waals surface area contributed by atoms with Gasteiger partial charge < -0.3 is 4.43 Å². The third-order valence-electron chi connectivity index (χ3n) is 4.43. The van der Waals surface area contributed by atoms with Crippen LogP contribution < -0.4 is 0 Å². The molecule has 3 heteroatoms. The Morgan fingerprint density at radius 2 is 2.00 bits per heavy atom. The summed E-state index contributed by atoms with van der Waals surface area (Å²) in [5.74, 6) is 0. The van der Waals surface area contributed by atoms with E-state index in [1.807, 2.05) is 0 Å². The lowest BCUT2D eigenvalue weighted by Crippen LogP contribution is -2.46. The lowest BCUT2D eigenvalue weighted by molar-refractivity contribution is 0.158. The van der Waals surface area contributed by atoms with Crippen molar-refractivity contribution in [2.75, 3.05) is 13.1 Å². The van der Waals surface area contributed by atoms with Gasteiger partial charge in [-0.2, -0.15) is 0 Å². The van der Waals surface area contributed by atoms with Gasteiger partial charge in [0.15, 0.2) is 8.32 Å². The van der Waals surface area contributed by atoms with Crippen molar-refractivity contribution in [2.24, 2.45) is 0 Å². The normalized spacial score (nSPS) is 31.1. The fourth-order valence-electron chi connectivity index (χ4n) is 2.33. The first-order valence-electron chi connectivity index (χ1n) is 6.40. The Balaban J connectivity index is 2.03. The highest BCUT2D eigenvalue weighted by atomic mass is 28.4. The molecule has 1 saturated heterocycles. The molecule has 0 radical (unpaired) electrons. The van der Waals surface area contributed by atoms with Crippen LogP contribution in [-0.2, 0) is 4.43 Å². The van der Waals surface area contributed by atoms with Crippen molar-refractivity contribution >= 4 is 8.32 Å². The second kappa shape index (κ2) is 3.97. The second-order valence-electron chi connectivity index (χ2n) is 6.62. The highest BCUT2D eigenvalue weighted by Crippen LogP contribution is 2.39. The molecule has 2 atom stereocenters. The van der Waals surface area contributed by atoms with Gasteiger partial charge in [-0.15, -0.1) is 0 Å². The average molecular weight is 239 g/mol. The lowest BCUT2D eigenvalue weighted by Gasteiger charge is -2.39. The molecular formula is C13H25NOSi. The molecule has 0 aromatic carbocycles. The van der Waals surface area contributed by atoms with Crippen LogP contribution in [0.4, 0.5) is 0 Å². The van der Waals surface area contributed by atoms with Gasteiger partial charge in [0.25, 0.3) is 0 Å². The van der Waals surface area contributed by atoms with E-state index in [9.17, 15) is 0 Å². The Morgan fingerprint density at radius 3 is 2.62 bits per heavy atom. The van der Waals surface area contributed by atoms with Gasteiger partial charge in [0.05, 0.1) is 12.1 Å². The predicted octanol–water partition coefficient (Wildman–Crippen LogP) is 3.02. The average Bonchev–Trinajstić information content (AvgIpc) is 2.67. The summed E-state index contributed by atoms with van der Waals surface area (Å²) in [5.41, 5.74) is 0.